The Kier molecular flexibility index (Phi) is 11.8. The summed E-state index contributed by atoms with van der Waals surface area (Å²) in [5.41, 5.74) is 8.37. The highest BCUT2D eigenvalue weighted by molar-refractivity contribution is 6.30. The van der Waals surface area contributed by atoms with E-state index in [0.717, 1.165) is 40.1 Å². The van der Waals surface area contributed by atoms with Gasteiger partial charge in [-0.2, -0.15) is 10.5 Å². The number of halogens is 1. The highest BCUT2D eigenvalue weighted by atomic mass is 35.5. The smallest absolute Gasteiger partial charge is 0.256 e. The monoisotopic (exact) mass is 766 g/mol. The van der Waals surface area contributed by atoms with E-state index in [4.69, 9.17) is 22.1 Å². The minimum atomic E-state index is -0.176. The summed E-state index contributed by atoms with van der Waals surface area (Å²) in [5, 5.41) is 18.3. The highest BCUT2D eigenvalue weighted by Crippen LogP contribution is 2.16. The Labute approximate surface area is 334 Å². The van der Waals surface area contributed by atoms with Gasteiger partial charge in [-0.3, -0.25) is 18.7 Å². The lowest BCUT2D eigenvalue weighted by molar-refractivity contribution is 0.749. The molecule has 0 N–H and O–H groups in total. The maximum Gasteiger partial charge on any atom is 0.256 e. The number of pyridine rings is 3. The molecule has 10 nitrogen and oxygen atoms in total. The van der Waals surface area contributed by atoms with Crippen LogP contribution in [0.2, 0.25) is 5.02 Å². The van der Waals surface area contributed by atoms with E-state index in [9.17, 15) is 9.59 Å². The normalized spacial score (nSPS) is 10.6. The predicted molar refractivity (Wildman–Crippen MR) is 220 cm³/mol. The molecule has 0 spiro atoms. The van der Waals surface area contributed by atoms with Gasteiger partial charge in [-0.25, -0.2) is 9.97 Å². The number of benzene rings is 3. The van der Waals surface area contributed by atoms with Gasteiger partial charge >= 0.3 is 0 Å². The zero-order chi connectivity index (χ0) is 39.6. The number of para-hydroxylation sites is 1. The van der Waals surface area contributed by atoms with Crippen molar-refractivity contribution >= 4 is 11.6 Å². The van der Waals surface area contributed by atoms with E-state index in [1.165, 1.54) is 16.3 Å². The van der Waals surface area contributed by atoms with Crippen molar-refractivity contribution in [2.24, 2.45) is 0 Å². The van der Waals surface area contributed by atoms with Crippen molar-refractivity contribution in [2.75, 3.05) is 0 Å². The Morgan fingerprint density at radius 2 is 1.25 bits per heavy atom. The van der Waals surface area contributed by atoms with Crippen LogP contribution in [0.3, 0.4) is 0 Å². The summed E-state index contributed by atoms with van der Waals surface area (Å²) in [7, 11) is 0. The molecule has 0 unspecified atom stereocenters. The van der Waals surface area contributed by atoms with E-state index in [2.05, 4.69) is 32.7 Å². The number of nitriles is 2. The number of hydrogen-bond donors (Lipinski definition) is 0. The molecule has 57 heavy (non-hydrogen) atoms. The number of aromatic nitrogens is 6. The van der Waals surface area contributed by atoms with Crippen LogP contribution in [0.1, 0.15) is 44.8 Å². The topological polar surface area (TPSA) is 127 Å². The van der Waals surface area contributed by atoms with Crippen LogP contribution in [-0.4, -0.2) is 28.2 Å². The second kappa shape index (κ2) is 17.7. The van der Waals surface area contributed by atoms with Gasteiger partial charge in [-0.05, 0) is 89.0 Å². The Balaban J connectivity index is 0.000000174. The summed E-state index contributed by atoms with van der Waals surface area (Å²) in [6.07, 6.45) is 12.3. The molecule has 0 aliphatic rings. The molecule has 3 aromatic carbocycles. The van der Waals surface area contributed by atoms with Gasteiger partial charge in [-0.1, -0.05) is 60.1 Å². The number of nitrogens with zero attached hydrogens (tertiary/aromatic N) is 8. The molecule has 278 valence electrons. The minimum absolute atomic E-state index is 0.0579. The van der Waals surface area contributed by atoms with Crippen molar-refractivity contribution in [1.82, 2.24) is 28.2 Å². The molecule has 8 aromatic rings. The van der Waals surface area contributed by atoms with Gasteiger partial charge in [-0.15, -0.1) is 0 Å². The first-order valence-corrected chi connectivity index (χ1v) is 18.4. The fraction of sp³-hybridized carbons (Fsp3) is 0.0870. The maximum absolute atomic E-state index is 12.5. The summed E-state index contributed by atoms with van der Waals surface area (Å²) in [5.74, 6) is 0.534. The summed E-state index contributed by atoms with van der Waals surface area (Å²) in [4.78, 5) is 33.2. The van der Waals surface area contributed by atoms with E-state index in [1.807, 2.05) is 126 Å². The molecular formula is C46H35ClN8O2. The molecule has 11 heteroatoms. The average Bonchev–Trinajstić information content (AvgIpc) is 3.88. The first-order valence-electron chi connectivity index (χ1n) is 18.1. The lowest BCUT2D eigenvalue weighted by Crippen LogP contribution is -2.18. The molecule has 0 bridgehead atoms. The van der Waals surface area contributed by atoms with E-state index < -0.39 is 0 Å². The van der Waals surface area contributed by atoms with Crippen molar-refractivity contribution in [3.8, 4) is 23.6 Å². The van der Waals surface area contributed by atoms with Crippen LogP contribution in [0.5, 0.6) is 0 Å². The second-order valence-corrected chi connectivity index (χ2v) is 13.7. The molecule has 0 fully saturated rings. The molecule has 0 aliphatic carbocycles. The Morgan fingerprint density at radius 3 is 1.89 bits per heavy atom. The number of hydrogen-bond acceptors (Lipinski definition) is 6. The third-order valence-electron chi connectivity index (χ3n) is 9.31. The molecule has 0 amide bonds. The molecule has 0 radical (unpaired) electrons. The third kappa shape index (κ3) is 9.59. The van der Waals surface area contributed by atoms with E-state index in [1.54, 1.807) is 35.4 Å². The van der Waals surface area contributed by atoms with E-state index >= 15 is 0 Å². The Bertz CT molecular complexity index is 2810. The fourth-order valence-corrected chi connectivity index (χ4v) is 6.48. The van der Waals surface area contributed by atoms with E-state index in [-0.39, 0.29) is 11.1 Å². The van der Waals surface area contributed by atoms with Gasteiger partial charge in [0.1, 0.15) is 5.82 Å². The van der Waals surface area contributed by atoms with Crippen molar-refractivity contribution in [2.45, 2.75) is 25.9 Å². The molecule has 5 heterocycles. The van der Waals surface area contributed by atoms with Gasteiger partial charge in [0.25, 0.3) is 11.1 Å². The van der Waals surface area contributed by atoms with Crippen molar-refractivity contribution < 1.29 is 0 Å². The van der Waals surface area contributed by atoms with E-state index in [0.29, 0.717) is 41.5 Å². The third-order valence-corrected chi connectivity index (χ3v) is 9.54. The molecule has 0 atom stereocenters. The lowest BCUT2D eigenvalue weighted by Gasteiger charge is -2.11. The molecular weight excluding hydrogens is 732 g/mol. The van der Waals surface area contributed by atoms with Crippen LogP contribution in [-0.2, 0) is 25.9 Å². The van der Waals surface area contributed by atoms with Crippen molar-refractivity contribution in [3.05, 3.63) is 235 Å². The van der Waals surface area contributed by atoms with Crippen molar-refractivity contribution in [3.63, 3.8) is 0 Å². The molecule has 0 saturated heterocycles. The van der Waals surface area contributed by atoms with Crippen LogP contribution >= 0.6 is 11.6 Å². The average molecular weight is 767 g/mol. The van der Waals surface area contributed by atoms with Gasteiger partial charge in [0.05, 0.1) is 34.6 Å². The Hall–Kier alpha value is -7.53. The van der Waals surface area contributed by atoms with Crippen LogP contribution in [0.15, 0.2) is 174 Å². The zero-order valence-corrected chi connectivity index (χ0v) is 31.4. The minimum Gasteiger partial charge on any atom is -0.347 e. The molecule has 5 aromatic heterocycles. The summed E-state index contributed by atoms with van der Waals surface area (Å²) < 4.78 is 7.27. The van der Waals surface area contributed by atoms with Crippen LogP contribution < -0.4 is 11.1 Å². The van der Waals surface area contributed by atoms with Crippen LogP contribution in [0.25, 0.3) is 11.5 Å². The molecule has 0 saturated carbocycles. The van der Waals surface area contributed by atoms with Crippen LogP contribution in [0, 0.1) is 22.7 Å². The zero-order valence-electron chi connectivity index (χ0n) is 30.7. The van der Waals surface area contributed by atoms with Gasteiger partial charge in [0, 0.05) is 86.1 Å². The van der Waals surface area contributed by atoms with Crippen LogP contribution in [0.4, 0.5) is 0 Å². The van der Waals surface area contributed by atoms with Crippen molar-refractivity contribution in [1.29, 1.82) is 10.5 Å². The summed E-state index contributed by atoms with van der Waals surface area (Å²) in [6, 6.07) is 43.5. The first kappa shape index (κ1) is 37.8. The predicted octanol–water partition coefficient (Wildman–Crippen LogP) is 7.74. The molecule has 0 aliphatic heterocycles. The largest absolute Gasteiger partial charge is 0.347 e. The Morgan fingerprint density at radius 1 is 0.579 bits per heavy atom. The van der Waals surface area contributed by atoms with Gasteiger partial charge < -0.3 is 9.13 Å². The molecule has 8 rings (SSSR count). The second-order valence-electron chi connectivity index (χ2n) is 13.3. The lowest BCUT2D eigenvalue weighted by atomic mass is 10.1. The SMILES string of the molecule is N#Cc1ccc(Cc2cccn2Cc2ccc(-n3cc(Cl)ccc3=O)nc2)cc1.N#Cc1ccc(Cc2cncn2Cc2ccn(-c3ccccc3)c(=O)c2)cc1. The fourth-order valence-electron chi connectivity index (χ4n) is 6.32. The number of rotatable bonds is 10. The first-order chi connectivity index (χ1) is 27.8. The highest BCUT2D eigenvalue weighted by Gasteiger charge is 2.09. The van der Waals surface area contributed by atoms with Gasteiger partial charge in [0.15, 0.2) is 0 Å². The summed E-state index contributed by atoms with van der Waals surface area (Å²) in [6.45, 7) is 1.26. The van der Waals surface area contributed by atoms with Gasteiger partial charge in [0.2, 0.25) is 0 Å². The maximum atomic E-state index is 12.5. The summed E-state index contributed by atoms with van der Waals surface area (Å²) >= 11 is 5.99. The quantitative estimate of drug-likeness (QED) is 0.140. The number of imidazole rings is 1. The standard InChI is InChI=1S/C23H17ClN4O.C23H18N4O/c24-20-8-10-23(29)28(16-20)22-9-7-19(14-26-22)15-27-11-1-2-21(27)12-17-3-5-18(13-25)6-4-17;24-14-19-8-6-18(7-9-19)12-22-15-25-17-26(22)16-20-10-11-27(23(28)13-20)21-4-2-1-3-5-21/h1-11,14,16H,12,15H2;1-11,13,15,17H,12,16H2.